The van der Waals surface area contributed by atoms with Crippen molar-refractivity contribution in [3.63, 3.8) is 0 Å². The van der Waals surface area contributed by atoms with Gasteiger partial charge in [0.2, 0.25) is 0 Å². The molecular formula is C14H9ClF2N2. The smallest absolute Gasteiger partial charge is 0.150 e. The van der Waals surface area contributed by atoms with Crippen LogP contribution in [0.1, 0.15) is 11.1 Å². The Morgan fingerprint density at radius 3 is 2.32 bits per heavy atom. The van der Waals surface area contributed by atoms with E-state index in [1.165, 1.54) is 0 Å². The maximum atomic E-state index is 13.7. The molecule has 0 bridgehead atoms. The highest BCUT2D eigenvalue weighted by Gasteiger charge is 2.12. The number of halogens is 3. The monoisotopic (exact) mass is 278 g/mol. The Balaban J connectivity index is 2.41. The Morgan fingerprint density at radius 2 is 1.79 bits per heavy atom. The van der Waals surface area contributed by atoms with E-state index in [-0.39, 0.29) is 11.3 Å². The lowest BCUT2D eigenvalue weighted by Crippen LogP contribution is -1.99. The number of nitriles is 1. The molecule has 0 aliphatic rings. The summed E-state index contributed by atoms with van der Waals surface area (Å²) in [5, 5.41) is 11.6. The van der Waals surface area contributed by atoms with Crippen molar-refractivity contribution >= 4 is 23.0 Å². The molecule has 5 heteroatoms. The first-order valence-corrected chi connectivity index (χ1v) is 5.81. The van der Waals surface area contributed by atoms with Crippen LogP contribution in [0.5, 0.6) is 0 Å². The normalized spacial score (nSPS) is 10.1. The van der Waals surface area contributed by atoms with Crippen molar-refractivity contribution in [2.24, 2.45) is 0 Å². The van der Waals surface area contributed by atoms with Crippen molar-refractivity contribution in [3.05, 3.63) is 58.1 Å². The predicted octanol–water partition coefficient (Wildman–Crippen LogP) is 4.54. The number of benzene rings is 2. The predicted molar refractivity (Wildman–Crippen MR) is 70.5 cm³/mol. The fraction of sp³-hybridized carbons (Fsp3) is 0.0714. The van der Waals surface area contributed by atoms with Gasteiger partial charge in [-0.15, -0.1) is 0 Å². The first-order chi connectivity index (χ1) is 9.01. The quantitative estimate of drug-likeness (QED) is 0.875. The van der Waals surface area contributed by atoms with Gasteiger partial charge >= 0.3 is 0 Å². The number of nitrogens with one attached hydrogen (secondary N) is 1. The molecule has 0 saturated carbocycles. The largest absolute Gasteiger partial charge is 0.350 e. The highest BCUT2D eigenvalue weighted by atomic mass is 35.5. The van der Waals surface area contributed by atoms with Gasteiger partial charge in [0.15, 0.2) is 11.6 Å². The maximum Gasteiger partial charge on any atom is 0.150 e. The minimum atomic E-state index is -0.840. The second-order valence-corrected chi connectivity index (χ2v) is 4.44. The molecule has 0 saturated heterocycles. The van der Waals surface area contributed by atoms with Crippen LogP contribution in [0.2, 0.25) is 5.02 Å². The molecule has 0 aliphatic carbocycles. The minimum absolute atomic E-state index is 0.0736. The van der Waals surface area contributed by atoms with E-state index < -0.39 is 11.6 Å². The summed E-state index contributed by atoms with van der Waals surface area (Å²) in [4.78, 5) is 0. The summed E-state index contributed by atoms with van der Waals surface area (Å²) in [7, 11) is 0. The van der Waals surface area contributed by atoms with Gasteiger partial charge in [-0.05, 0) is 36.8 Å². The van der Waals surface area contributed by atoms with Gasteiger partial charge in [-0.25, -0.2) is 8.78 Å². The second kappa shape index (κ2) is 5.25. The Labute approximate surface area is 114 Å². The summed E-state index contributed by atoms with van der Waals surface area (Å²) in [6.45, 7) is 1.86. The highest BCUT2D eigenvalue weighted by molar-refractivity contribution is 6.33. The Kier molecular flexibility index (Phi) is 3.68. The van der Waals surface area contributed by atoms with Crippen LogP contribution in [0.4, 0.5) is 20.2 Å². The fourth-order valence-electron chi connectivity index (χ4n) is 1.61. The third-order valence-corrected chi connectivity index (χ3v) is 2.87. The van der Waals surface area contributed by atoms with Crippen LogP contribution in [0.3, 0.4) is 0 Å². The zero-order valence-corrected chi connectivity index (χ0v) is 10.7. The van der Waals surface area contributed by atoms with E-state index in [9.17, 15) is 8.78 Å². The molecular weight excluding hydrogens is 270 g/mol. The number of hydrogen-bond donors (Lipinski definition) is 1. The van der Waals surface area contributed by atoms with Gasteiger partial charge in [0.1, 0.15) is 5.69 Å². The Morgan fingerprint density at radius 1 is 1.16 bits per heavy atom. The van der Waals surface area contributed by atoms with Gasteiger partial charge in [-0.1, -0.05) is 17.7 Å². The van der Waals surface area contributed by atoms with Gasteiger partial charge in [0.05, 0.1) is 22.3 Å². The molecule has 2 aromatic rings. The lowest BCUT2D eigenvalue weighted by Gasteiger charge is -2.11. The average molecular weight is 279 g/mol. The van der Waals surface area contributed by atoms with Crippen molar-refractivity contribution in [2.45, 2.75) is 6.92 Å². The van der Waals surface area contributed by atoms with Gasteiger partial charge < -0.3 is 5.32 Å². The van der Waals surface area contributed by atoms with E-state index in [1.807, 2.05) is 6.92 Å². The maximum absolute atomic E-state index is 13.7. The third kappa shape index (κ3) is 2.83. The molecule has 2 rings (SSSR count). The average Bonchev–Trinajstić information content (AvgIpc) is 2.35. The summed E-state index contributed by atoms with van der Waals surface area (Å²) in [6, 6.07) is 8.71. The van der Waals surface area contributed by atoms with E-state index in [0.717, 1.165) is 17.7 Å². The van der Waals surface area contributed by atoms with Gasteiger partial charge in [0, 0.05) is 0 Å². The summed E-state index contributed by atoms with van der Waals surface area (Å²) < 4.78 is 27.4. The molecule has 0 radical (unpaired) electrons. The SMILES string of the molecule is Cc1ccc(Nc2c(F)cc(C#N)cc2F)c(Cl)c1. The van der Waals surface area contributed by atoms with E-state index in [1.54, 1.807) is 24.3 Å². The van der Waals surface area contributed by atoms with Crippen LogP contribution in [-0.4, -0.2) is 0 Å². The molecule has 2 nitrogen and oxygen atoms in total. The molecule has 0 heterocycles. The highest BCUT2D eigenvalue weighted by Crippen LogP contribution is 2.29. The number of rotatable bonds is 2. The van der Waals surface area contributed by atoms with Gasteiger partial charge in [-0.3, -0.25) is 0 Å². The lowest BCUT2D eigenvalue weighted by molar-refractivity contribution is 0.590. The zero-order valence-electron chi connectivity index (χ0n) is 9.97. The number of anilines is 2. The van der Waals surface area contributed by atoms with Gasteiger partial charge in [-0.2, -0.15) is 5.26 Å². The molecule has 19 heavy (non-hydrogen) atoms. The molecule has 0 amide bonds. The Bertz CT molecular complexity index is 655. The van der Waals surface area contributed by atoms with Crippen LogP contribution in [-0.2, 0) is 0 Å². The van der Waals surface area contributed by atoms with E-state index in [0.29, 0.717) is 10.7 Å². The standard InChI is InChI=1S/C14H9ClF2N2/c1-8-2-3-13(10(15)4-8)19-14-11(16)5-9(7-18)6-12(14)17/h2-6,19H,1H3. The first-order valence-electron chi connectivity index (χ1n) is 5.43. The topological polar surface area (TPSA) is 35.8 Å². The van der Waals surface area contributed by atoms with Crippen molar-refractivity contribution in [2.75, 3.05) is 5.32 Å². The molecule has 0 aliphatic heterocycles. The molecule has 96 valence electrons. The van der Waals surface area contributed by atoms with Crippen LogP contribution < -0.4 is 5.32 Å². The summed E-state index contributed by atoms with van der Waals surface area (Å²) in [5.41, 5.74) is 0.936. The molecule has 2 aromatic carbocycles. The van der Waals surface area contributed by atoms with E-state index >= 15 is 0 Å². The molecule has 0 aromatic heterocycles. The summed E-state index contributed by atoms with van der Waals surface area (Å²) in [5.74, 6) is -1.68. The van der Waals surface area contributed by atoms with Crippen molar-refractivity contribution in [1.29, 1.82) is 5.26 Å². The first kappa shape index (κ1) is 13.3. The van der Waals surface area contributed by atoms with Crippen molar-refractivity contribution < 1.29 is 8.78 Å². The molecule has 0 spiro atoms. The Hall–Kier alpha value is -2.12. The molecule has 0 unspecified atom stereocenters. The number of nitrogens with zero attached hydrogens (tertiary/aromatic N) is 1. The van der Waals surface area contributed by atoms with Crippen molar-refractivity contribution in [1.82, 2.24) is 0 Å². The minimum Gasteiger partial charge on any atom is -0.350 e. The van der Waals surface area contributed by atoms with Gasteiger partial charge in [0.25, 0.3) is 0 Å². The molecule has 0 fully saturated rings. The zero-order chi connectivity index (χ0) is 14.0. The molecule has 0 atom stereocenters. The van der Waals surface area contributed by atoms with E-state index in [4.69, 9.17) is 16.9 Å². The number of hydrogen-bond acceptors (Lipinski definition) is 2. The number of aryl methyl sites for hydroxylation is 1. The second-order valence-electron chi connectivity index (χ2n) is 4.03. The van der Waals surface area contributed by atoms with Crippen LogP contribution in [0.25, 0.3) is 0 Å². The summed E-state index contributed by atoms with van der Waals surface area (Å²) in [6.07, 6.45) is 0. The molecule has 1 N–H and O–H groups in total. The van der Waals surface area contributed by atoms with E-state index in [2.05, 4.69) is 5.32 Å². The van der Waals surface area contributed by atoms with Crippen LogP contribution in [0.15, 0.2) is 30.3 Å². The summed E-state index contributed by atoms with van der Waals surface area (Å²) >= 11 is 5.98. The third-order valence-electron chi connectivity index (χ3n) is 2.56. The fourth-order valence-corrected chi connectivity index (χ4v) is 1.90. The lowest BCUT2D eigenvalue weighted by atomic mass is 10.2. The van der Waals surface area contributed by atoms with Crippen LogP contribution in [0, 0.1) is 29.9 Å². The van der Waals surface area contributed by atoms with Crippen LogP contribution >= 0.6 is 11.6 Å². The van der Waals surface area contributed by atoms with Crippen molar-refractivity contribution in [3.8, 4) is 6.07 Å².